The first-order valence-electron chi connectivity index (χ1n) is 6.85. The van der Waals surface area contributed by atoms with Gasteiger partial charge in [0.2, 0.25) is 0 Å². The first-order valence-corrected chi connectivity index (χ1v) is 6.85. The van der Waals surface area contributed by atoms with Crippen molar-refractivity contribution < 1.29 is 10.2 Å². The average molecular weight is 251 g/mol. The summed E-state index contributed by atoms with van der Waals surface area (Å²) in [5.74, 6) is 0.580. The van der Waals surface area contributed by atoms with Gasteiger partial charge in [0.25, 0.3) is 0 Å². The Morgan fingerprint density at radius 3 is 2.67 bits per heavy atom. The minimum absolute atomic E-state index is 0.0247. The second-order valence-electron chi connectivity index (χ2n) is 6.61. The summed E-state index contributed by atoms with van der Waals surface area (Å²) in [6, 6.07) is 0. The van der Waals surface area contributed by atoms with Gasteiger partial charge in [0.15, 0.2) is 0 Å². The Labute approximate surface area is 110 Å². The average Bonchev–Trinajstić information content (AvgIpc) is 2.71. The lowest BCUT2D eigenvalue weighted by Gasteiger charge is -2.40. The number of aliphatic hydroxyl groups is 2. The number of hydrogen-bond donors (Lipinski definition) is 3. The van der Waals surface area contributed by atoms with Gasteiger partial charge in [-0.3, -0.25) is 5.32 Å². The highest BCUT2D eigenvalue weighted by Crippen LogP contribution is 2.45. The van der Waals surface area contributed by atoms with Crippen molar-refractivity contribution in [2.75, 3.05) is 6.61 Å². The zero-order valence-corrected chi connectivity index (χ0v) is 11.6. The Hall–Kier alpha value is -0.640. The summed E-state index contributed by atoms with van der Waals surface area (Å²) in [5, 5.41) is 23.6. The van der Waals surface area contributed by atoms with Gasteiger partial charge in [-0.2, -0.15) is 0 Å². The van der Waals surface area contributed by atoms with E-state index in [1.54, 1.807) is 0 Å². The molecule has 0 aromatic carbocycles. The van der Waals surface area contributed by atoms with Crippen molar-refractivity contribution in [3.8, 4) is 0 Å². The minimum atomic E-state index is -1.20. The number of nitrogens with one attached hydrogen (secondary N) is 1. The molecular formula is C15H25NO2. The van der Waals surface area contributed by atoms with Gasteiger partial charge in [-0.15, -0.1) is 0 Å². The van der Waals surface area contributed by atoms with Gasteiger partial charge in [0.05, 0.1) is 6.61 Å². The molecule has 0 bridgehead atoms. The quantitative estimate of drug-likeness (QED) is 0.672. The molecule has 0 aliphatic heterocycles. The third-order valence-electron chi connectivity index (χ3n) is 3.93. The molecule has 3 nitrogen and oxygen atoms in total. The lowest BCUT2D eigenvalue weighted by atomic mass is 9.84. The molecule has 2 aliphatic carbocycles. The summed E-state index contributed by atoms with van der Waals surface area (Å²) in [6.07, 6.45) is 9.49. The molecule has 3 N–H and O–H groups in total. The van der Waals surface area contributed by atoms with Crippen LogP contribution in [0.1, 0.15) is 40.0 Å². The summed E-state index contributed by atoms with van der Waals surface area (Å²) in [6.45, 7) is 5.78. The highest BCUT2D eigenvalue weighted by Gasteiger charge is 2.45. The summed E-state index contributed by atoms with van der Waals surface area (Å²) >= 11 is 0. The number of allylic oxidation sites excluding steroid dienone is 3. The van der Waals surface area contributed by atoms with E-state index >= 15 is 0 Å². The molecule has 0 aromatic rings. The lowest BCUT2D eigenvalue weighted by Crippen LogP contribution is -2.60. The van der Waals surface area contributed by atoms with Crippen LogP contribution in [0.4, 0.5) is 0 Å². The monoisotopic (exact) mass is 251 g/mol. The van der Waals surface area contributed by atoms with E-state index in [1.165, 1.54) is 5.57 Å². The van der Waals surface area contributed by atoms with Crippen molar-refractivity contribution in [2.45, 2.75) is 51.3 Å². The van der Waals surface area contributed by atoms with E-state index in [2.05, 4.69) is 23.5 Å². The van der Waals surface area contributed by atoms with Crippen LogP contribution in [0.2, 0.25) is 0 Å². The van der Waals surface area contributed by atoms with Crippen molar-refractivity contribution >= 4 is 0 Å². The molecule has 2 aliphatic rings. The highest BCUT2D eigenvalue weighted by atomic mass is 16.3. The first kappa shape index (κ1) is 13.8. The second-order valence-corrected chi connectivity index (χ2v) is 6.61. The predicted octanol–water partition coefficient (Wildman–Crippen LogP) is 1.97. The third kappa shape index (κ3) is 2.68. The molecule has 0 heterocycles. The number of rotatable bonds is 3. The maximum atomic E-state index is 10.8. The van der Waals surface area contributed by atoms with E-state index in [-0.39, 0.29) is 18.1 Å². The van der Waals surface area contributed by atoms with E-state index in [0.717, 1.165) is 19.3 Å². The molecule has 0 amide bonds. The summed E-state index contributed by atoms with van der Waals surface area (Å²) in [5.41, 5.74) is -0.129. The molecule has 0 radical (unpaired) electrons. The first-order chi connectivity index (χ1) is 8.36. The fraction of sp³-hybridized carbons (Fsp3) is 0.733. The molecule has 0 saturated heterocycles. The SMILES string of the molecule is CC(C)(C)NC(O)(CO)C1CCC2CC=CC=C21. The van der Waals surface area contributed by atoms with E-state index in [1.807, 2.05) is 20.8 Å². The maximum absolute atomic E-state index is 10.8. The molecule has 0 spiro atoms. The van der Waals surface area contributed by atoms with Crippen LogP contribution in [0.5, 0.6) is 0 Å². The summed E-state index contributed by atoms with van der Waals surface area (Å²) in [4.78, 5) is 0. The van der Waals surface area contributed by atoms with Gasteiger partial charge in [-0.1, -0.05) is 23.8 Å². The van der Waals surface area contributed by atoms with Crippen LogP contribution in [-0.4, -0.2) is 28.1 Å². The van der Waals surface area contributed by atoms with Gasteiger partial charge >= 0.3 is 0 Å². The normalized spacial score (nSPS) is 30.8. The van der Waals surface area contributed by atoms with Crippen molar-refractivity contribution in [2.24, 2.45) is 11.8 Å². The van der Waals surface area contributed by atoms with Gasteiger partial charge in [-0.25, -0.2) is 0 Å². The minimum Gasteiger partial charge on any atom is -0.392 e. The van der Waals surface area contributed by atoms with Crippen molar-refractivity contribution in [1.82, 2.24) is 5.32 Å². The van der Waals surface area contributed by atoms with E-state index in [0.29, 0.717) is 5.92 Å². The largest absolute Gasteiger partial charge is 0.392 e. The fourth-order valence-electron chi connectivity index (χ4n) is 3.31. The van der Waals surface area contributed by atoms with Crippen LogP contribution >= 0.6 is 0 Å². The van der Waals surface area contributed by atoms with Crippen molar-refractivity contribution in [1.29, 1.82) is 0 Å². The maximum Gasteiger partial charge on any atom is 0.146 e. The molecule has 102 valence electrons. The van der Waals surface area contributed by atoms with Gasteiger partial charge < -0.3 is 10.2 Å². The molecule has 3 atom stereocenters. The van der Waals surface area contributed by atoms with Crippen LogP contribution in [0.25, 0.3) is 0 Å². The topological polar surface area (TPSA) is 52.5 Å². The number of fused-ring (bicyclic) bond motifs is 1. The molecule has 2 rings (SSSR count). The third-order valence-corrected chi connectivity index (χ3v) is 3.93. The van der Waals surface area contributed by atoms with Crippen LogP contribution in [0, 0.1) is 11.8 Å². The van der Waals surface area contributed by atoms with Crippen LogP contribution in [-0.2, 0) is 0 Å². The van der Waals surface area contributed by atoms with Crippen molar-refractivity contribution in [3.05, 3.63) is 23.8 Å². The standard InChI is InChI=1S/C15H25NO2/c1-14(2,3)16-15(18,10-17)13-9-8-11-6-4-5-7-12(11)13/h4-5,7,11,13,16-18H,6,8-10H2,1-3H3. The Kier molecular flexibility index (Phi) is 3.67. The second kappa shape index (κ2) is 4.80. The molecule has 3 unspecified atom stereocenters. The Morgan fingerprint density at radius 1 is 1.33 bits per heavy atom. The van der Waals surface area contributed by atoms with Gasteiger partial charge in [0.1, 0.15) is 5.72 Å². The smallest absolute Gasteiger partial charge is 0.146 e. The Balaban J connectivity index is 2.22. The molecule has 0 aromatic heterocycles. The highest BCUT2D eigenvalue weighted by molar-refractivity contribution is 5.28. The lowest BCUT2D eigenvalue weighted by molar-refractivity contribution is -0.0918. The zero-order chi connectivity index (χ0) is 13.4. The molecular weight excluding hydrogens is 226 g/mol. The molecule has 3 heteroatoms. The Morgan fingerprint density at radius 2 is 2.06 bits per heavy atom. The van der Waals surface area contributed by atoms with E-state index in [9.17, 15) is 10.2 Å². The summed E-state index contributed by atoms with van der Waals surface area (Å²) in [7, 11) is 0. The fourth-order valence-corrected chi connectivity index (χ4v) is 3.31. The van der Waals surface area contributed by atoms with Crippen LogP contribution in [0.15, 0.2) is 23.8 Å². The summed E-state index contributed by atoms with van der Waals surface area (Å²) < 4.78 is 0. The predicted molar refractivity (Wildman–Crippen MR) is 73.0 cm³/mol. The van der Waals surface area contributed by atoms with E-state index < -0.39 is 5.72 Å². The molecule has 1 fully saturated rings. The molecule has 1 saturated carbocycles. The van der Waals surface area contributed by atoms with Gasteiger partial charge in [-0.05, 0) is 46.0 Å². The molecule has 18 heavy (non-hydrogen) atoms. The number of hydrogen-bond acceptors (Lipinski definition) is 3. The Bertz CT molecular complexity index is 367. The van der Waals surface area contributed by atoms with Crippen molar-refractivity contribution in [3.63, 3.8) is 0 Å². The van der Waals surface area contributed by atoms with Crippen LogP contribution < -0.4 is 5.32 Å². The zero-order valence-electron chi connectivity index (χ0n) is 11.6. The van der Waals surface area contributed by atoms with E-state index in [4.69, 9.17) is 0 Å². The van der Waals surface area contributed by atoms with Gasteiger partial charge in [0, 0.05) is 11.5 Å². The number of aliphatic hydroxyl groups excluding tert-OH is 1. The van der Waals surface area contributed by atoms with Crippen LogP contribution in [0.3, 0.4) is 0 Å².